The second kappa shape index (κ2) is 9.53. The molecular weight excluding hydrogens is 426 g/mol. The van der Waals surface area contributed by atoms with Crippen molar-refractivity contribution in [2.24, 2.45) is 5.92 Å². The van der Waals surface area contributed by atoms with Crippen molar-refractivity contribution in [1.29, 1.82) is 0 Å². The number of likely N-dealkylation sites (tertiary alicyclic amines) is 1. The molecule has 0 atom stereocenters. The summed E-state index contributed by atoms with van der Waals surface area (Å²) in [6.07, 6.45) is 6.47. The van der Waals surface area contributed by atoms with Crippen LogP contribution in [0.2, 0.25) is 0 Å². The highest BCUT2D eigenvalue weighted by Crippen LogP contribution is 2.24. The van der Waals surface area contributed by atoms with Crippen molar-refractivity contribution in [3.8, 4) is 0 Å². The molecule has 6 nitrogen and oxygen atoms in total. The molecule has 0 radical (unpaired) electrons. The van der Waals surface area contributed by atoms with E-state index < -0.39 is 0 Å². The number of carbonyl (C=O) groups excluding carboxylic acids is 2. The van der Waals surface area contributed by atoms with Crippen molar-refractivity contribution in [2.75, 3.05) is 13.1 Å². The predicted octanol–water partition coefficient (Wildman–Crippen LogP) is 4.56. The van der Waals surface area contributed by atoms with E-state index in [1.165, 1.54) is 0 Å². The van der Waals surface area contributed by atoms with Crippen LogP contribution in [0, 0.1) is 12.8 Å². The topological polar surface area (TPSA) is 72.3 Å². The number of aryl methyl sites for hydroxylation is 2. The molecule has 1 saturated heterocycles. The first-order valence-corrected chi connectivity index (χ1v) is 12.4. The van der Waals surface area contributed by atoms with E-state index in [4.69, 9.17) is 4.98 Å². The van der Waals surface area contributed by atoms with Gasteiger partial charge < -0.3 is 4.90 Å². The minimum atomic E-state index is -0.0585. The number of rotatable bonds is 3. The number of ketones is 1. The van der Waals surface area contributed by atoms with Crippen LogP contribution in [0.1, 0.15) is 70.6 Å². The number of carbonyl (C=O) groups is 2. The Hall–Kier alpha value is -3.28. The second-order valence-corrected chi connectivity index (χ2v) is 9.68. The lowest BCUT2D eigenvalue weighted by Crippen LogP contribution is -2.40. The van der Waals surface area contributed by atoms with Crippen molar-refractivity contribution < 1.29 is 9.59 Å². The zero-order valence-electron chi connectivity index (χ0n) is 19.8. The van der Waals surface area contributed by atoms with Gasteiger partial charge in [0, 0.05) is 43.1 Å². The Kier molecular flexibility index (Phi) is 6.31. The molecule has 3 heterocycles. The Morgan fingerprint density at radius 1 is 0.882 bits per heavy atom. The molecule has 0 bridgehead atoms. The lowest BCUT2D eigenvalue weighted by Gasteiger charge is -2.31. The number of aromatic nitrogens is 2. The van der Waals surface area contributed by atoms with Crippen molar-refractivity contribution in [1.82, 2.24) is 14.5 Å². The van der Waals surface area contributed by atoms with Crippen LogP contribution in [0.4, 0.5) is 0 Å². The van der Waals surface area contributed by atoms with E-state index in [0.717, 1.165) is 49.1 Å². The van der Waals surface area contributed by atoms with Gasteiger partial charge in [-0.1, -0.05) is 42.7 Å². The second-order valence-electron chi connectivity index (χ2n) is 9.68. The van der Waals surface area contributed by atoms with Gasteiger partial charge in [0.15, 0.2) is 5.78 Å². The van der Waals surface area contributed by atoms with Crippen LogP contribution in [0.5, 0.6) is 0 Å². The summed E-state index contributed by atoms with van der Waals surface area (Å²) in [5.74, 6) is 0.887. The number of amides is 1. The maximum atomic E-state index is 13.2. The first kappa shape index (κ1) is 22.5. The van der Waals surface area contributed by atoms with Gasteiger partial charge in [-0.3, -0.25) is 19.0 Å². The molecule has 0 saturated carbocycles. The minimum Gasteiger partial charge on any atom is -0.339 e. The van der Waals surface area contributed by atoms with Crippen molar-refractivity contribution >= 4 is 22.6 Å². The molecule has 3 aromatic rings. The summed E-state index contributed by atoms with van der Waals surface area (Å²) in [7, 11) is 0. The first-order chi connectivity index (χ1) is 16.5. The average molecular weight is 458 g/mol. The van der Waals surface area contributed by atoms with Crippen LogP contribution >= 0.6 is 0 Å². The largest absolute Gasteiger partial charge is 0.339 e. The van der Waals surface area contributed by atoms with Gasteiger partial charge in [-0.15, -0.1) is 0 Å². The molecule has 0 spiro atoms. The lowest BCUT2D eigenvalue weighted by molar-refractivity contribution is 0.0650. The van der Waals surface area contributed by atoms with Crippen LogP contribution < -0.4 is 5.56 Å². The lowest BCUT2D eigenvalue weighted by atomic mass is 9.88. The van der Waals surface area contributed by atoms with Crippen molar-refractivity contribution in [3.05, 3.63) is 75.3 Å². The quantitative estimate of drug-likeness (QED) is 0.541. The zero-order chi connectivity index (χ0) is 23.7. The molecule has 176 valence electrons. The van der Waals surface area contributed by atoms with Gasteiger partial charge in [-0.2, -0.15) is 0 Å². The highest BCUT2D eigenvalue weighted by Gasteiger charge is 2.28. The Morgan fingerprint density at radius 3 is 2.35 bits per heavy atom. The van der Waals surface area contributed by atoms with E-state index in [0.29, 0.717) is 48.9 Å². The third-order valence-electron chi connectivity index (χ3n) is 7.30. The zero-order valence-corrected chi connectivity index (χ0v) is 19.8. The van der Waals surface area contributed by atoms with Gasteiger partial charge in [0.25, 0.3) is 11.5 Å². The normalized spacial score (nSPS) is 17.1. The number of nitrogens with zero attached hydrogens (tertiary/aromatic N) is 3. The molecule has 0 N–H and O–H groups in total. The third kappa shape index (κ3) is 4.41. The van der Waals surface area contributed by atoms with Crippen molar-refractivity contribution in [2.45, 2.75) is 58.4 Å². The van der Waals surface area contributed by atoms with Gasteiger partial charge in [0.1, 0.15) is 5.82 Å². The number of piperidine rings is 1. The summed E-state index contributed by atoms with van der Waals surface area (Å²) in [6.45, 7) is 3.83. The molecule has 2 aliphatic rings. The highest BCUT2D eigenvalue weighted by atomic mass is 16.2. The summed E-state index contributed by atoms with van der Waals surface area (Å²) >= 11 is 0. The Bertz CT molecular complexity index is 1280. The van der Waals surface area contributed by atoms with Crippen molar-refractivity contribution in [3.63, 3.8) is 0 Å². The third-order valence-corrected chi connectivity index (χ3v) is 7.30. The fourth-order valence-electron chi connectivity index (χ4n) is 5.21. The smallest absolute Gasteiger partial charge is 0.261 e. The van der Waals surface area contributed by atoms with E-state index in [9.17, 15) is 14.4 Å². The Labute approximate surface area is 199 Å². The van der Waals surface area contributed by atoms with Crippen LogP contribution in [-0.4, -0.2) is 39.2 Å². The van der Waals surface area contributed by atoms with E-state index in [-0.39, 0.29) is 23.2 Å². The number of benzene rings is 2. The summed E-state index contributed by atoms with van der Waals surface area (Å²) in [4.78, 5) is 45.7. The van der Waals surface area contributed by atoms with Gasteiger partial charge in [0.05, 0.1) is 10.9 Å². The molecule has 1 aromatic heterocycles. The minimum absolute atomic E-state index is 0.00340. The van der Waals surface area contributed by atoms with Crippen LogP contribution in [-0.2, 0) is 13.0 Å². The Balaban J connectivity index is 1.32. The fraction of sp³-hybridized carbons (Fsp3) is 0.429. The monoisotopic (exact) mass is 457 g/mol. The average Bonchev–Trinajstić information content (AvgIpc) is 2.85. The van der Waals surface area contributed by atoms with E-state index in [1.807, 2.05) is 40.7 Å². The van der Waals surface area contributed by atoms with Crippen LogP contribution in [0.25, 0.3) is 10.9 Å². The highest BCUT2D eigenvalue weighted by molar-refractivity contribution is 5.99. The van der Waals surface area contributed by atoms with Crippen LogP contribution in [0.3, 0.4) is 0 Å². The van der Waals surface area contributed by atoms with E-state index in [2.05, 4.69) is 0 Å². The first-order valence-electron chi connectivity index (χ1n) is 12.4. The maximum absolute atomic E-state index is 13.2. The molecule has 1 amide bonds. The molecule has 0 unspecified atom stereocenters. The Morgan fingerprint density at radius 2 is 1.59 bits per heavy atom. The number of hydrogen-bond acceptors (Lipinski definition) is 4. The molecule has 2 aliphatic heterocycles. The predicted molar refractivity (Wildman–Crippen MR) is 132 cm³/mol. The summed E-state index contributed by atoms with van der Waals surface area (Å²) in [5.41, 5.74) is 3.04. The van der Waals surface area contributed by atoms with Gasteiger partial charge >= 0.3 is 0 Å². The van der Waals surface area contributed by atoms with Gasteiger partial charge in [0.2, 0.25) is 0 Å². The standard InChI is InChI=1S/C28H31N3O3/c1-19-7-9-20(10-8-19)26(32)21-13-16-30(17-14-21)27(33)22-11-12-23-24(18-22)29-25-6-4-2-3-5-15-31(25)28(23)34/h7-12,18,21H,2-6,13-17H2,1H3. The van der Waals surface area contributed by atoms with Gasteiger partial charge in [-0.25, -0.2) is 4.98 Å². The molecule has 6 heteroatoms. The summed E-state index contributed by atoms with van der Waals surface area (Å²) < 4.78 is 1.82. The van der Waals surface area contributed by atoms with Gasteiger partial charge in [-0.05, 0) is 50.8 Å². The molecular formula is C28H31N3O3. The molecule has 0 aliphatic carbocycles. The fourth-order valence-corrected chi connectivity index (χ4v) is 5.21. The number of fused-ring (bicyclic) bond motifs is 2. The SMILES string of the molecule is Cc1ccc(C(=O)C2CCN(C(=O)c3ccc4c(=O)n5c(nc4c3)CCCCCC5)CC2)cc1. The van der Waals surface area contributed by atoms with Crippen LogP contribution in [0.15, 0.2) is 47.3 Å². The maximum Gasteiger partial charge on any atom is 0.261 e. The number of hydrogen-bond donors (Lipinski definition) is 0. The molecule has 2 aromatic carbocycles. The molecule has 34 heavy (non-hydrogen) atoms. The van der Waals surface area contributed by atoms with E-state index in [1.54, 1.807) is 18.2 Å². The summed E-state index contributed by atoms with van der Waals surface area (Å²) in [5, 5.41) is 0.572. The molecule has 5 rings (SSSR count). The summed E-state index contributed by atoms with van der Waals surface area (Å²) in [6, 6.07) is 13.0. The molecule has 1 fully saturated rings. The number of Topliss-reactive ketones (excluding diaryl/α,β-unsaturated/α-hetero) is 1. The van der Waals surface area contributed by atoms with E-state index >= 15 is 0 Å².